The first-order valence-corrected chi connectivity index (χ1v) is 11.4. The Morgan fingerprint density at radius 1 is 1.00 bits per heavy atom. The number of aliphatic hydroxyl groups is 1. The molecule has 4 atom stereocenters. The summed E-state index contributed by atoms with van der Waals surface area (Å²) in [6, 6.07) is 19.4. The maximum Gasteiger partial charge on any atom is 0.347 e. The molecule has 2 heterocycles. The molecular formula is C26H34BrNO3. The highest BCUT2D eigenvalue weighted by Gasteiger charge is 2.53. The minimum atomic E-state index is -1.79. The fraction of sp³-hybridized carbons (Fsp3) is 0.500. The summed E-state index contributed by atoms with van der Waals surface area (Å²) >= 11 is 0. The molecule has 0 aromatic heterocycles. The fourth-order valence-corrected chi connectivity index (χ4v) is 5.65. The van der Waals surface area contributed by atoms with Crippen molar-refractivity contribution in [3.05, 3.63) is 71.8 Å². The van der Waals surface area contributed by atoms with Crippen molar-refractivity contribution >= 4 is 5.97 Å². The predicted octanol–water partition coefficient (Wildman–Crippen LogP) is 1.41. The van der Waals surface area contributed by atoms with Crippen molar-refractivity contribution in [1.29, 1.82) is 0 Å². The molecule has 2 aromatic rings. The highest BCUT2D eigenvalue weighted by Crippen LogP contribution is 2.43. The van der Waals surface area contributed by atoms with E-state index in [0.29, 0.717) is 23.2 Å². The van der Waals surface area contributed by atoms with Gasteiger partial charge in [0.1, 0.15) is 6.10 Å². The molecule has 2 aromatic carbocycles. The van der Waals surface area contributed by atoms with Gasteiger partial charge in [0.15, 0.2) is 0 Å². The van der Waals surface area contributed by atoms with Gasteiger partial charge in [0, 0.05) is 25.7 Å². The maximum absolute atomic E-state index is 13.4. The Hall–Kier alpha value is -1.69. The van der Waals surface area contributed by atoms with Crippen molar-refractivity contribution in [2.75, 3.05) is 13.6 Å². The topological polar surface area (TPSA) is 46.5 Å². The lowest BCUT2D eigenvalue weighted by Crippen LogP contribution is -3.00. The number of unbranched alkanes of at least 4 members (excludes halogenated alkanes) is 1. The average Bonchev–Trinajstić information content (AvgIpc) is 2.94. The zero-order valence-electron chi connectivity index (χ0n) is 18.5. The van der Waals surface area contributed by atoms with E-state index >= 15 is 0 Å². The number of carbonyl (C=O) groups is 1. The largest absolute Gasteiger partial charge is 1.00 e. The first-order chi connectivity index (χ1) is 14.5. The summed E-state index contributed by atoms with van der Waals surface area (Å²) in [6.45, 7) is 3.46. The second kappa shape index (κ2) is 9.85. The van der Waals surface area contributed by atoms with Crippen molar-refractivity contribution in [3.63, 3.8) is 0 Å². The van der Waals surface area contributed by atoms with E-state index in [0.717, 1.165) is 17.3 Å². The van der Waals surface area contributed by atoms with E-state index in [2.05, 4.69) is 14.0 Å². The van der Waals surface area contributed by atoms with Crippen LogP contribution in [-0.2, 0) is 15.1 Å². The summed E-state index contributed by atoms with van der Waals surface area (Å²) in [4.78, 5) is 13.4. The van der Waals surface area contributed by atoms with Gasteiger partial charge in [0.05, 0.1) is 25.7 Å². The molecule has 0 radical (unpaired) electrons. The van der Waals surface area contributed by atoms with E-state index in [1.807, 2.05) is 36.4 Å². The van der Waals surface area contributed by atoms with E-state index in [1.54, 1.807) is 24.3 Å². The van der Waals surface area contributed by atoms with Gasteiger partial charge in [-0.1, -0.05) is 74.0 Å². The van der Waals surface area contributed by atoms with Crippen molar-refractivity contribution in [2.45, 2.75) is 69.2 Å². The third kappa shape index (κ3) is 4.46. The Kier molecular flexibility index (Phi) is 7.61. The lowest BCUT2D eigenvalue weighted by atomic mass is 9.86. The first-order valence-electron chi connectivity index (χ1n) is 11.4. The van der Waals surface area contributed by atoms with Crippen LogP contribution in [0.15, 0.2) is 60.7 Å². The van der Waals surface area contributed by atoms with Gasteiger partial charge in [-0.15, -0.1) is 0 Å². The van der Waals surface area contributed by atoms with Crippen LogP contribution in [0.25, 0.3) is 0 Å². The van der Waals surface area contributed by atoms with Crippen LogP contribution in [-0.4, -0.2) is 47.3 Å². The highest BCUT2D eigenvalue weighted by molar-refractivity contribution is 5.85. The zero-order valence-corrected chi connectivity index (χ0v) is 20.1. The molecule has 2 saturated heterocycles. The molecule has 2 fully saturated rings. The molecule has 0 amide bonds. The normalized spacial score (nSPS) is 27.4. The fourth-order valence-electron chi connectivity index (χ4n) is 5.65. The van der Waals surface area contributed by atoms with Gasteiger partial charge >= 0.3 is 5.97 Å². The molecule has 2 aliphatic rings. The molecule has 0 aliphatic carbocycles. The van der Waals surface area contributed by atoms with E-state index in [9.17, 15) is 9.90 Å². The van der Waals surface area contributed by atoms with Gasteiger partial charge in [0.2, 0.25) is 5.60 Å². The van der Waals surface area contributed by atoms with Crippen molar-refractivity contribution in [2.24, 2.45) is 0 Å². The lowest BCUT2D eigenvalue weighted by molar-refractivity contribution is -0.949. The van der Waals surface area contributed by atoms with Crippen LogP contribution < -0.4 is 17.0 Å². The summed E-state index contributed by atoms with van der Waals surface area (Å²) in [5.74, 6) is -0.561. The van der Waals surface area contributed by atoms with E-state index < -0.39 is 11.6 Å². The average molecular weight is 488 g/mol. The van der Waals surface area contributed by atoms with E-state index in [1.165, 1.54) is 32.2 Å². The molecule has 2 aliphatic heterocycles. The van der Waals surface area contributed by atoms with Crippen LogP contribution in [0.4, 0.5) is 0 Å². The number of halogens is 1. The molecule has 31 heavy (non-hydrogen) atoms. The van der Waals surface area contributed by atoms with Crippen molar-refractivity contribution in [1.82, 2.24) is 0 Å². The van der Waals surface area contributed by atoms with Gasteiger partial charge in [0.25, 0.3) is 0 Å². The number of fused-ring (bicyclic) bond motifs is 2. The summed E-state index contributed by atoms with van der Waals surface area (Å²) in [7, 11) is 2.39. The Bertz CT molecular complexity index is 804. The number of benzene rings is 2. The van der Waals surface area contributed by atoms with E-state index in [4.69, 9.17) is 4.74 Å². The Morgan fingerprint density at radius 3 is 1.94 bits per heavy atom. The molecule has 5 heteroatoms. The Balaban J connectivity index is 0.00000272. The van der Waals surface area contributed by atoms with Crippen molar-refractivity contribution in [3.8, 4) is 0 Å². The number of hydrogen-bond acceptors (Lipinski definition) is 3. The van der Waals surface area contributed by atoms with Gasteiger partial charge in [-0.2, -0.15) is 0 Å². The minimum absolute atomic E-state index is 0. The molecular weight excluding hydrogens is 454 g/mol. The van der Waals surface area contributed by atoms with Gasteiger partial charge in [-0.3, -0.25) is 0 Å². The number of rotatable bonds is 7. The third-order valence-corrected chi connectivity index (χ3v) is 7.52. The minimum Gasteiger partial charge on any atom is -1.00 e. The number of quaternary nitrogens is 1. The van der Waals surface area contributed by atoms with Crippen molar-refractivity contribution < 1.29 is 36.1 Å². The second-order valence-electron chi connectivity index (χ2n) is 9.25. The molecule has 0 spiro atoms. The smallest absolute Gasteiger partial charge is 0.347 e. The van der Waals surface area contributed by atoms with Crippen LogP contribution in [0.2, 0.25) is 0 Å². The standard InChI is InChI=1S/C26H34NO3.BrH/c1-3-4-17-27(2)22-15-16-23(27)19-24(18-22)30-25(28)26(29,20-11-7-5-8-12-20)21-13-9-6-10-14-21;/h5-14,22-24,29H,3-4,15-19H2,1-2H3;1H/q+1;/p-1/t22-,23+,24?,27?;. The number of carbonyl (C=O) groups excluding carboxylic acids is 1. The zero-order chi connectivity index (χ0) is 21.2. The highest BCUT2D eigenvalue weighted by atomic mass is 79.9. The predicted molar refractivity (Wildman–Crippen MR) is 118 cm³/mol. The Labute approximate surface area is 196 Å². The molecule has 168 valence electrons. The van der Waals surface area contributed by atoms with Gasteiger partial charge in [-0.05, 0) is 17.5 Å². The van der Waals surface area contributed by atoms with Gasteiger partial charge in [-0.25, -0.2) is 4.79 Å². The summed E-state index contributed by atoms with van der Waals surface area (Å²) in [5, 5.41) is 11.6. The van der Waals surface area contributed by atoms with Gasteiger partial charge < -0.3 is 31.3 Å². The van der Waals surface area contributed by atoms with Crippen LogP contribution in [0.1, 0.15) is 56.6 Å². The molecule has 0 saturated carbocycles. The summed E-state index contributed by atoms with van der Waals surface area (Å²) in [5.41, 5.74) is -0.702. The third-order valence-electron chi connectivity index (χ3n) is 7.52. The summed E-state index contributed by atoms with van der Waals surface area (Å²) < 4.78 is 7.17. The second-order valence-corrected chi connectivity index (χ2v) is 9.25. The molecule has 2 bridgehead atoms. The number of nitrogens with zero attached hydrogens (tertiary/aromatic N) is 1. The number of piperidine rings is 1. The van der Waals surface area contributed by atoms with E-state index in [-0.39, 0.29) is 23.1 Å². The molecule has 4 rings (SSSR count). The lowest BCUT2D eigenvalue weighted by Gasteiger charge is -2.47. The SMILES string of the molecule is CCCC[N+]1(C)[C@@H]2CC[C@H]1CC(OC(=O)C(O)(c1ccccc1)c1ccccc1)C2.[Br-]. The number of ether oxygens (including phenoxy) is 1. The van der Waals surface area contributed by atoms with Crippen LogP contribution in [0.5, 0.6) is 0 Å². The quantitative estimate of drug-likeness (QED) is 0.474. The van der Waals surface area contributed by atoms with Crippen LogP contribution in [0.3, 0.4) is 0 Å². The number of esters is 1. The molecule has 1 N–H and O–H groups in total. The van der Waals surface area contributed by atoms with Crippen LogP contribution in [0, 0.1) is 0 Å². The van der Waals surface area contributed by atoms with Crippen LogP contribution >= 0.6 is 0 Å². The molecule has 4 nitrogen and oxygen atoms in total. The molecule has 2 unspecified atom stereocenters. The first kappa shape index (κ1) is 24.0. The summed E-state index contributed by atoms with van der Waals surface area (Å²) in [6.07, 6.45) is 6.54. The Morgan fingerprint density at radius 2 is 1.48 bits per heavy atom. The number of hydrogen-bond donors (Lipinski definition) is 1. The maximum atomic E-state index is 13.4. The monoisotopic (exact) mass is 487 g/mol.